The number of nitrogens with zero attached hydrogens (tertiary/aromatic N) is 1. The summed E-state index contributed by atoms with van der Waals surface area (Å²) in [5.74, 6) is 3.50. The summed E-state index contributed by atoms with van der Waals surface area (Å²) >= 11 is 0. The summed E-state index contributed by atoms with van der Waals surface area (Å²) in [6.07, 6.45) is 7.81. The Kier molecular flexibility index (Phi) is 5.00. The lowest BCUT2D eigenvalue weighted by molar-refractivity contribution is 0.282. The standard InChI is InChI=1S/C12H22N2/c1-4-7-14-8-5-6-13-12(10-14)9-11(2)3/h1,11-13H,5-10H2,2-3H3. The molecule has 1 heterocycles. The molecule has 14 heavy (non-hydrogen) atoms. The van der Waals surface area contributed by atoms with Crippen LogP contribution >= 0.6 is 0 Å². The Bertz CT molecular complexity index is 193. The second-order valence-corrected chi connectivity index (χ2v) is 4.57. The fraction of sp³-hybridized carbons (Fsp3) is 0.833. The van der Waals surface area contributed by atoms with Crippen molar-refractivity contribution >= 4 is 0 Å². The Labute approximate surface area is 88.1 Å². The molecule has 0 aliphatic carbocycles. The number of hydrogen-bond acceptors (Lipinski definition) is 2. The molecule has 0 amide bonds. The third-order valence-corrected chi connectivity index (χ3v) is 2.63. The first-order valence-electron chi connectivity index (χ1n) is 5.61. The third-order valence-electron chi connectivity index (χ3n) is 2.63. The van der Waals surface area contributed by atoms with E-state index in [-0.39, 0.29) is 0 Å². The highest BCUT2D eigenvalue weighted by atomic mass is 15.2. The molecule has 2 heteroatoms. The topological polar surface area (TPSA) is 15.3 Å². The summed E-state index contributed by atoms with van der Waals surface area (Å²) < 4.78 is 0. The summed E-state index contributed by atoms with van der Waals surface area (Å²) in [6, 6.07) is 0.630. The van der Waals surface area contributed by atoms with Gasteiger partial charge in [-0.25, -0.2) is 0 Å². The monoisotopic (exact) mass is 194 g/mol. The molecule has 0 bridgehead atoms. The molecule has 0 radical (unpaired) electrons. The Morgan fingerprint density at radius 2 is 2.36 bits per heavy atom. The van der Waals surface area contributed by atoms with Crippen LogP contribution in [-0.4, -0.2) is 37.1 Å². The van der Waals surface area contributed by atoms with Crippen molar-refractivity contribution in [1.82, 2.24) is 10.2 Å². The van der Waals surface area contributed by atoms with Crippen LogP contribution in [0.15, 0.2) is 0 Å². The summed E-state index contributed by atoms with van der Waals surface area (Å²) in [5, 5.41) is 3.59. The van der Waals surface area contributed by atoms with Crippen LogP contribution in [0.25, 0.3) is 0 Å². The lowest BCUT2D eigenvalue weighted by atomic mass is 10.0. The molecule has 0 saturated carbocycles. The van der Waals surface area contributed by atoms with Gasteiger partial charge in [0.15, 0.2) is 0 Å². The second-order valence-electron chi connectivity index (χ2n) is 4.57. The van der Waals surface area contributed by atoms with Crippen molar-refractivity contribution in [2.24, 2.45) is 5.92 Å². The van der Waals surface area contributed by atoms with Crippen LogP contribution in [0.1, 0.15) is 26.7 Å². The number of rotatable bonds is 3. The quantitative estimate of drug-likeness (QED) is 0.682. The largest absolute Gasteiger partial charge is 0.313 e. The lowest BCUT2D eigenvalue weighted by Crippen LogP contribution is -2.38. The van der Waals surface area contributed by atoms with Crippen LogP contribution in [-0.2, 0) is 0 Å². The van der Waals surface area contributed by atoms with Gasteiger partial charge in [0.25, 0.3) is 0 Å². The number of hydrogen-bond donors (Lipinski definition) is 1. The molecule has 0 aromatic heterocycles. The van der Waals surface area contributed by atoms with E-state index < -0.39 is 0 Å². The van der Waals surface area contributed by atoms with Crippen molar-refractivity contribution in [3.05, 3.63) is 0 Å². The molecule has 80 valence electrons. The number of terminal acetylenes is 1. The van der Waals surface area contributed by atoms with Gasteiger partial charge in [0, 0.05) is 19.1 Å². The van der Waals surface area contributed by atoms with Gasteiger partial charge in [0.1, 0.15) is 0 Å². The highest BCUT2D eigenvalue weighted by Gasteiger charge is 2.17. The maximum absolute atomic E-state index is 5.34. The summed E-state index contributed by atoms with van der Waals surface area (Å²) in [5.41, 5.74) is 0. The average molecular weight is 194 g/mol. The molecule has 0 aromatic carbocycles. The van der Waals surface area contributed by atoms with E-state index in [1.165, 1.54) is 12.8 Å². The van der Waals surface area contributed by atoms with E-state index in [2.05, 4.69) is 30.0 Å². The predicted octanol–water partition coefficient (Wildman–Crippen LogP) is 1.33. The summed E-state index contributed by atoms with van der Waals surface area (Å²) in [4.78, 5) is 2.38. The lowest BCUT2D eigenvalue weighted by Gasteiger charge is -2.23. The number of nitrogens with one attached hydrogen (secondary N) is 1. The molecule has 1 atom stereocenters. The third kappa shape index (κ3) is 4.13. The molecule has 1 unspecified atom stereocenters. The summed E-state index contributed by atoms with van der Waals surface area (Å²) in [7, 11) is 0. The van der Waals surface area contributed by atoms with Gasteiger partial charge in [-0.3, -0.25) is 4.90 Å². The summed E-state index contributed by atoms with van der Waals surface area (Å²) in [6.45, 7) is 8.75. The van der Waals surface area contributed by atoms with Crippen molar-refractivity contribution in [2.45, 2.75) is 32.7 Å². The Morgan fingerprint density at radius 3 is 3.00 bits per heavy atom. The van der Waals surface area contributed by atoms with Gasteiger partial charge in [-0.2, -0.15) is 0 Å². The maximum Gasteiger partial charge on any atom is 0.0599 e. The van der Waals surface area contributed by atoms with Gasteiger partial charge < -0.3 is 5.32 Å². The SMILES string of the molecule is C#CCN1CCCNC(CC(C)C)C1. The zero-order chi connectivity index (χ0) is 10.4. The first kappa shape index (κ1) is 11.6. The van der Waals surface area contributed by atoms with Gasteiger partial charge in [-0.15, -0.1) is 6.42 Å². The smallest absolute Gasteiger partial charge is 0.0599 e. The van der Waals surface area contributed by atoms with Crippen molar-refractivity contribution in [3.8, 4) is 12.3 Å². The average Bonchev–Trinajstić information content (AvgIpc) is 2.30. The minimum atomic E-state index is 0.630. The van der Waals surface area contributed by atoms with Gasteiger partial charge in [0.05, 0.1) is 6.54 Å². The van der Waals surface area contributed by atoms with Gasteiger partial charge in [-0.1, -0.05) is 19.8 Å². The second kappa shape index (κ2) is 6.06. The van der Waals surface area contributed by atoms with E-state index in [0.717, 1.165) is 32.1 Å². The zero-order valence-corrected chi connectivity index (χ0v) is 9.42. The Morgan fingerprint density at radius 1 is 1.57 bits per heavy atom. The normalized spacial score (nSPS) is 24.6. The molecular formula is C12H22N2. The molecule has 2 nitrogen and oxygen atoms in total. The molecule has 0 spiro atoms. The van der Waals surface area contributed by atoms with E-state index in [4.69, 9.17) is 6.42 Å². The fourth-order valence-corrected chi connectivity index (χ4v) is 2.08. The van der Waals surface area contributed by atoms with Crippen LogP contribution in [0.4, 0.5) is 0 Å². The minimum Gasteiger partial charge on any atom is -0.313 e. The van der Waals surface area contributed by atoms with E-state index in [9.17, 15) is 0 Å². The highest BCUT2D eigenvalue weighted by Crippen LogP contribution is 2.09. The van der Waals surface area contributed by atoms with Crippen LogP contribution in [0, 0.1) is 18.3 Å². The fourth-order valence-electron chi connectivity index (χ4n) is 2.08. The van der Waals surface area contributed by atoms with Crippen LogP contribution in [0.2, 0.25) is 0 Å². The van der Waals surface area contributed by atoms with E-state index in [1.807, 2.05) is 0 Å². The molecule has 1 aliphatic heterocycles. The van der Waals surface area contributed by atoms with Crippen molar-refractivity contribution < 1.29 is 0 Å². The molecule has 1 saturated heterocycles. The van der Waals surface area contributed by atoms with Crippen molar-refractivity contribution in [1.29, 1.82) is 0 Å². The van der Waals surface area contributed by atoms with E-state index >= 15 is 0 Å². The molecule has 0 aromatic rings. The predicted molar refractivity (Wildman–Crippen MR) is 61.1 cm³/mol. The molecule has 1 fully saturated rings. The highest BCUT2D eigenvalue weighted by molar-refractivity contribution is 4.90. The van der Waals surface area contributed by atoms with Crippen LogP contribution in [0.3, 0.4) is 0 Å². The van der Waals surface area contributed by atoms with Gasteiger partial charge >= 0.3 is 0 Å². The molecular weight excluding hydrogens is 172 g/mol. The van der Waals surface area contributed by atoms with Gasteiger partial charge in [-0.05, 0) is 25.3 Å². The Balaban J connectivity index is 2.39. The van der Waals surface area contributed by atoms with Gasteiger partial charge in [0.2, 0.25) is 0 Å². The van der Waals surface area contributed by atoms with E-state index in [1.54, 1.807) is 0 Å². The van der Waals surface area contributed by atoms with Crippen molar-refractivity contribution in [2.75, 3.05) is 26.2 Å². The van der Waals surface area contributed by atoms with Crippen molar-refractivity contribution in [3.63, 3.8) is 0 Å². The first-order chi connectivity index (χ1) is 6.72. The van der Waals surface area contributed by atoms with Crippen LogP contribution < -0.4 is 5.32 Å². The molecule has 1 aliphatic rings. The first-order valence-corrected chi connectivity index (χ1v) is 5.61. The maximum atomic E-state index is 5.34. The van der Waals surface area contributed by atoms with E-state index in [0.29, 0.717) is 6.04 Å². The minimum absolute atomic E-state index is 0.630. The zero-order valence-electron chi connectivity index (χ0n) is 9.42. The Hall–Kier alpha value is -0.520. The van der Waals surface area contributed by atoms with Crippen LogP contribution in [0.5, 0.6) is 0 Å². The molecule has 1 rings (SSSR count). The molecule has 1 N–H and O–H groups in total.